The van der Waals surface area contributed by atoms with Crippen LogP contribution in [0.15, 0.2) is 174 Å². The summed E-state index contributed by atoms with van der Waals surface area (Å²) in [5, 5.41) is 11.0. The Morgan fingerprint density at radius 1 is 0.458 bits per heavy atom. The Labute approximate surface area is 276 Å². The zero-order valence-electron chi connectivity index (χ0n) is 26.0. The van der Waals surface area contributed by atoms with Crippen LogP contribution >= 0.6 is 0 Å². The number of hydrogen-bond acceptors (Lipinski definition) is 3. The van der Waals surface area contributed by atoms with Gasteiger partial charge in [-0.05, 0) is 35.2 Å². The first-order valence-electron chi connectivity index (χ1n) is 16.3. The second-order valence-corrected chi connectivity index (χ2v) is 12.2. The van der Waals surface area contributed by atoms with Crippen molar-refractivity contribution in [2.24, 2.45) is 9.98 Å². The van der Waals surface area contributed by atoms with Crippen molar-refractivity contribution >= 4 is 66.2 Å². The fraction of sp³-hybridized carbons (Fsp3) is 0.0233. The molecule has 7 aromatic carbocycles. The maximum Gasteiger partial charge on any atom is 0.211 e. The largest absolute Gasteiger partial charge is 0.330 e. The number of hydrogen-bond donors (Lipinski definition) is 1. The highest BCUT2D eigenvalue weighted by Crippen LogP contribution is 2.45. The third kappa shape index (κ3) is 3.91. The predicted octanol–water partition coefficient (Wildman–Crippen LogP) is 10.00. The summed E-state index contributed by atoms with van der Waals surface area (Å²) in [6.45, 7) is 0. The average molecular weight is 616 g/mol. The van der Waals surface area contributed by atoms with E-state index in [1.165, 1.54) is 43.4 Å². The molecular weight excluding hydrogens is 587 g/mol. The molecule has 5 nitrogen and oxygen atoms in total. The van der Waals surface area contributed by atoms with Crippen LogP contribution in [0, 0.1) is 0 Å². The van der Waals surface area contributed by atoms with E-state index in [1.54, 1.807) is 0 Å². The molecule has 0 aliphatic carbocycles. The van der Waals surface area contributed by atoms with Gasteiger partial charge in [0.2, 0.25) is 5.96 Å². The highest BCUT2D eigenvalue weighted by Gasteiger charge is 2.28. The SMILES string of the molecule is c1ccc(C2=NC(c3ccccc3)NC(n3c4ccccc4c4c5ccccc5c5c(c6ccccc6n5-c5ccccc5)c43)=N2)cc1. The Kier molecular flexibility index (Phi) is 5.87. The Balaban J connectivity index is 1.40. The Morgan fingerprint density at radius 3 is 1.71 bits per heavy atom. The summed E-state index contributed by atoms with van der Waals surface area (Å²) < 4.78 is 4.77. The molecule has 0 radical (unpaired) electrons. The van der Waals surface area contributed by atoms with Gasteiger partial charge >= 0.3 is 0 Å². The van der Waals surface area contributed by atoms with E-state index in [0.29, 0.717) is 5.84 Å². The minimum atomic E-state index is -0.313. The molecule has 9 aromatic rings. The summed E-state index contributed by atoms with van der Waals surface area (Å²) >= 11 is 0. The second kappa shape index (κ2) is 10.5. The number of nitrogens with one attached hydrogen (secondary N) is 1. The maximum absolute atomic E-state index is 5.31. The van der Waals surface area contributed by atoms with Gasteiger partial charge in [0, 0.05) is 38.2 Å². The van der Waals surface area contributed by atoms with Crippen molar-refractivity contribution in [3.05, 3.63) is 175 Å². The molecule has 0 bridgehead atoms. The van der Waals surface area contributed by atoms with Crippen LogP contribution in [0.1, 0.15) is 17.3 Å². The third-order valence-corrected chi connectivity index (χ3v) is 9.54. The van der Waals surface area contributed by atoms with Crippen LogP contribution in [-0.4, -0.2) is 20.9 Å². The van der Waals surface area contributed by atoms with Crippen LogP contribution in [0.4, 0.5) is 0 Å². The van der Waals surface area contributed by atoms with Crippen molar-refractivity contribution in [1.82, 2.24) is 14.5 Å². The number of para-hydroxylation sites is 3. The molecule has 1 N–H and O–H groups in total. The lowest BCUT2D eigenvalue weighted by Crippen LogP contribution is -2.37. The first-order valence-corrected chi connectivity index (χ1v) is 16.3. The standard InChI is InChI=1S/C43H29N5/c1-4-16-28(17-5-1)41-44-42(29-18-6-2-7-19-29)46-43(45-41)48-36-27-15-12-24-33(36)37-31-22-10-11-23-32(31)39-38(40(37)48)34-25-13-14-26-35(34)47(39)30-20-8-3-9-21-30/h1-27,41H,(H,44,45,46). The molecule has 0 saturated carbocycles. The van der Waals surface area contributed by atoms with Crippen molar-refractivity contribution in [1.29, 1.82) is 0 Å². The number of aliphatic imine (C=N–C) groups is 2. The lowest BCUT2D eigenvalue weighted by Gasteiger charge is -2.25. The van der Waals surface area contributed by atoms with Crippen LogP contribution in [0.25, 0.3) is 60.1 Å². The van der Waals surface area contributed by atoms with Crippen LogP contribution in [0.2, 0.25) is 0 Å². The summed E-state index contributed by atoms with van der Waals surface area (Å²) in [5.74, 6) is 1.45. The van der Waals surface area contributed by atoms with Crippen LogP contribution < -0.4 is 5.32 Å². The molecule has 48 heavy (non-hydrogen) atoms. The number of benzene rings is 7. The van der Waals surface area contributed by atoms with E-state index in [1.807, 2.05) is 24.3 Å². The van der Waals surface area contributed by atoms with Crippen molar-refractivity contribution in [2.45, 2.75) is 6.17 Å². The van der Waals surface area contributed by atoms with Crippen molar-refractivity contribution in [3.63, 3.8) is 0 Å². The first kappa shape index (κ1) is 26.7. The summed E-state index contributed by atoms with van der Waals surface area (Å²) in [6, 6.07) is 57.7. The minimum Gasteiger partial charge on any atom is -0.330 e. The van der Waals surface area contributed by atoms with E-state index >= 15 is 0 Å². The van der Waals surface area contributed by atoms with Crippen molar-refractivity contribution in [2.75, 3.05) is 0 Å². The summed E-state index contributed by atoms with van der Waals surface area (Å²) in [6.07, 6.45) is -0.313. The molecule has 0 amide bonds. The van der Waals surface area contributed by atoms with Gasteiger partial charge < -0.3 is 9.88 Å². The van der Waals surface area contributed by atoms with Gasteiger partial charge in [-0.2, -0.15) is 4.99 Å². The van der Waals surface area contributed by atoms with Gasteiger partial charge in [0.25, 0.3) is 0 Å². The van der Waals surface area contributed by atoms with Gasteiger partial charge in [-0.3, -0.25) is 4.57 Å². The van der Waals surface area contributed by atoms with Gasteiger partial charge in [-0.15, -0.1) is 0 Å². The van der Waals surface area contributed by atoms with Gasteiger partial charge in [-0.25, -0.2) is 4.99 Å². The smallest absolute Gasteiger partial charge is 0.211 e. The first-order chi connectivity index (χ1) is 23.8. The molecule has 226 valence electrons. The molecule has 0 spiro atoms. The highest BCUT2D eigenvalue weighted by atomic mass is 15.3. The van der Waals surface area contributed by atoms with Crippen LogP contribution in [0.5, 0.6) is 0 Å². The average Bonchev–Trinajstić information content (AvgIpc) is 3.70. The normalized spacial score (nSPS) is 14.9. The van der Waals surface area contributed by atoms with Gasteiger partial charge in [-0.1, -0.05) is 140 Å². The van der Waals surface area contributed by atoms with E-state index in [2.05, 4.69) is 154 Å². The molecule has 10 rings (SSSR count). The lowest BCUT2D eigenvalue weighted by atomic mass is 9.99. The molecule has 3 heterocycles. The van der Waals surface area contributed by atoms with E-state index < -0.39 is 0 Å². The molecule has 0 saturated heterocycles. The van der Waals surface area contributed by atoms with Gasteiger partial charge in [0.15, 0.2) is 5.84 Å². The fourth-order valence-electron chi connectivity index (χ4n) is 7.53. The van der Waals surface area contributed by atoms with E-state index in [0.717, 1.165) is 33.8 Å². The number of amidine groups is 1. The Morgan fingerprint density at radius 2 is 1.00 bits per heavy atom. The number of nitrogens with zero attached hydrogens (tertiary/aromatic N) is 4. The molecular formula is C43H29N5. The minimum absolute atomic E-state index is 0.313. The molecule has 1 atom stereocenters. The molecule has 1 aliphatic rings. The van der Waals surface area contributed by atoms with E-state index in [9.17, 15) is 0 Å². The third-order valence-electron chi connectivity index (χ3n) is 9.54. The molecule has 0 fully saturated rings. The molecule has 5 heteroatoms. The van der Waals surface area contributed by atoms with E-state index in [-0.39, 0.29) is 6.17 Å². The molecule has 1 aliphatic heterocycles. The van der Waals surface area contributed by atoms with Crippen molar-refractivity contribution in [3.8, 4) is 5.69 Å². The quantitative estimate of drug-likeness (QED) is 0.211. The highest BCUT2D eigenvalue weighted by molar-refractivity contribution is 6.38. The molecule has 2 aromatic heterocycles. The van der Waals surface area contributed by atoms with Gasteiger partial charge in [0.05, 0.1) is 22.1 Å². The zero-order chi connectivity index (χ0) is 31.6. The predicted molar refractivity (Wildman–Crippen MR) is 199 cm³/mol. The number of rotatable bonds is 3. The number of aromatic nitrogens is 2. The Hall–Kier alpha value is -6.46. The van der Waals surface area contributed by atoms with E-state index in [4.69, 9.17) is 9.98 Å². The second-order valence-electron chi connectivity index (χ2n) is 12.2. The summed E-state index contributed by atoms with van der Waals surface area (Å²) in [5.41, 5.74) is 7.76. The monoisotopic (exact) mass is 615 g/mol. The number of fused-ring (bicyclic) bond motifs is 10. The van der Waals surface area contributed by atoms with Gasteiger partial charge in [0.1, 0.15) is 6.17 Å². The summed E-state index contributed by atoms with van der Waals surface area (Å²) in [4.78, 5) is 10.5. The zero-order valence-corrected chi connectivity index (χ0v) is 26.0. The molecule has 1 unspecified atom stereocenters. The lowest BCUT2D eigenvalue weighted by molar-refractivity contribution is 0.661. The van der Waals surface area contributed by atoms with Crippen LogP contribution in [-0.2, 0) is 0 Å². The Bertz CT molecular complexity index is 2740. The topological polar surface area (TPSA) is 46.6 Å². The summed E-state index contributed by atoms with van der Waals surface area (Å²) in [7, 11) is 0. The van der Waals surface area contributed by atoms with Crippen LogP contribution in [0.3, 0.4) is 0 Å². The fourth-order valence-corrected chi connectivity index (χ4v) is 7.53. The maximum atomic E-state index is 5.31. The van der Waals surface area contributed by atoms with Crippen molar-refractivity contribution < 1.29 is 0 Å².